The minimum atomic E-state index is -0.649. The van der Waals surface area contributed by atoms with Crippen LogP contribution < -0.4 is 5.32 Å². The van der Waals surface area contributed by atoms with Crippen LogP contribution in [0.15, 0.2) is 29.2 Å². The summed E-state index contributed by atoms with van der Waals surface area (Å²) in [7, 11) is -0.649. The summed E-state index contributed by atoms with van der Waals surface area (Å²) >= 11 is 1.91. The third-order valence-corrected chi connectivity index (χ3v) is 6.34. The van der Waals surface area contributed by atoms with Gasteiger partial charge in [-0.2, -0.15) is 0 Å². The molecule has 1 N–H and O–H groups in total. The van der Waals surface area contributed by atoms with E-state index in [0.717, 1.165) is 30.3 Å². The fourth-order valence-electron chi connectivity index (χ4n) is 2.39. The molecule has 2 heterocycles. The van der Waals surface area contributed by atoms with Gasteiger partial charge in [-0.05, 0) is 17.5 Å². The Labute approximate surface area is 109 Å². The molecule has 0 aliphatic carbocycles. The second-order valence-electron chi connectivity index (χ2n) is 4.84. The monoisotopic (exact) mass is 267 g/mol. The fourth-order valence-corrected chi connectivity index (χ4v) is 5.44. The molecule has 0 radical (unpaired) electrons. The molecule has 0 saturated carbocycles. The molecule has 0 aromatic heterocycles. The highest BCUT2D eigenvalue weighted by atomic mass is 32.2. The summed E-state index contributed by atoms with van der Waals surface area (Å²) in [5.41, 5.74) is 1.41. The number of hydrogen-bond donors (Lipinski definition) is 1. The van der Waals surface area contributed by atoms with Crippen LogP contribution in [0.2, 0.25) is 0 Å². The van der Waals surface area contributed by atoms with Gasteiger partial charge in [0.15, 0.2) is 0 Å². The first kappa shape index (κ1) is 11.8. The van der Waals surface area contributed by atoms with Gasteiger partial charge in [0, 0.05) is 52.0 Å². The molecule has 3 rings (SSSR count). The maximum Gasteiger partial charge on any atom is 0.0312 e. The zero-order valence-electron chi connectivity index (χ0n) is 9.72. The summed E-state index contributed by atoms with van der Waals surface area (Å²) in [5, 5.41) is 3.24. The van der Waals surface area contributed by atoms with Gasteiger partial charge in [0.25, 0.3) is 0 Å². The molecule has 92 valence electrons. The summed E-state index contributed by atoms with van der Waals surface area (Å²) in [6, 6.07) is 8.56. The number of rotatable bonds is 4. The molecule has 2 aliphatic rings. The minimum Gasteiger partial charge on any atom is -0.316 e. The second kappa shape index (κ2) is 5.12. The molecule has 2 aliphatic heterocycles. The molecule has 17 heavy (non-hydrogen) atoms. The van der Waals surface area contributed by atoms with Crippen LogP contribution in [-0.2, 0) is 10.8 Å². The van der Waals surface area contributed by atoms with Crippen molar-refractivity contribution < 1.29 is 4.21 Å². The predicted molar refractivity (Wildman–Crippen MR) is 74.1 cm³/mol. The van der Waals surface area contributed by atoms with Crippen LogP contribution in [0.3, 0.4) is 0 Å². The highest BCUT2D eigenvalue weighted by Crippen LogP contribution is 2.39. The first-order chi connectivity index (χ1) is 8.33. The summed E-state index contributed by atoms with van der Waals surface area (Å²) in [6.45, 7) is 2.11. The van der Waals surface area contributed by atoms with Gasteiger partial charge in [-0.3, -0.25) is 4.21 Å². The molecule has 0 spiro atoms. The van der Waals surface area contributed by atoms with Crippen molar-refractivity contribution in [2.45, 2.75) is 10.8 Å². The van der Waals surface area contributed by atoms with Crippen molar-refractivity contribution in [3.05, 3.63) is 29.8 Å². The fraction of sp³-hybridized carbons (Fsp3) is 0.538. The molecular weight excluding hydrogens is 250 g/mol. The molecule has 2 atom stereocenters. The molecule has 0 amide bonds. The lowest BCUT2D eigenvalue weighted by Crippen LogP contribution is -2.45. The molecule has 1 aromatic carbocycles. The van der Waals surface area contributed by atoms with Crippen LogP contribution in [0.5, 0.6) is 0 Å². The van der Waals surface area contributed by atoms with Crippen LogP contribution >= 0.6 is 11.8 Å². The van der Waals surface area contributed by atoms with E-state index in [0.29, 0.717) is 11.8 Å². The van der Waals surface area contributed by atoms with E-state index in [-0.39, 0.29) is 0 Å². The smallest absolute Gasteiger partial charge is 0.0312 e. The van der Waals surface area contributed by atoms with Gasteiger partial charge in [0.1, 0.15) is 0 Å². The largest absolute Gasteiger partial charge is 0.316 e. The van der Waals surface area contributed by atoms with E-state index in [9.17, 15) is 4.21 Å². The average molecular weight is 267 g/mol. The maximum atomic E-state index is 12.1. The first-order valence-corrected chi connectivity index (χ1v) is 8.57. The Morgan fingerprint density at radius 3 is 2.88 bits per heavy atom. The van der Waals surface area contributed by atoms with E-state index < -0.39 is 10.8 Å². The van der Waals surface area contributed by atoms with Crippen molar-refractivity contribution in [1.82, 2.24) is 5.32 Å². The van der Waals surface area contributed by atoms with Crippen molar-refractivity contribution in [3.63, 3.8) is 0 Å². The Hall–Kier alpha value is -0.320. The number of thioether (sulfide) groups is 1. The summed E-state index contributed by atoms with van der Waals surface area (Å²) in [6.07, 6.45) is 0. The molecular formula is C13H17NOS2. The maximum absolute atomic E-state index is 12.1. The van der Waals surface area contributed by atoms with Crippen molar-refractivity contribution in [1.29, 1.82) is 0 Å². The molecule has 2 unspecified atom stereocenters. The topological polar surface area (TPSA) is 29.1 Å². The standard InChI is InChI=1S/C13H17NOS2/c15-17(8-10-5-14-6-10)9-11-7-16-13-4-2-1-3-12(11)13/h1-4,10-11,14H,5-9H2. The number of hydrogen-bond acceptors (Lipinski definition) is 3. The van der Waals surface area contributed by atoms with Gasteiger partial charge in [0.2, 0.25) is 0 Å². The van der Waals surface area contributed by atoms with Gasteiger partial charge in [0.05, 0.1) is 0 Å². The van der Waals surface area contributed by atoms with E-state index in [4.69, 9.17) is 0 Å². The SMILES string of the molecule is O=S(CC1CNC1)CC1CSc2ccccc21. The van der Waals surface area contributed by atoms with E-state index >= 15 is 0 Å². The second-order valence-corrected chi connectivity index (χ2v) is 7.45. The van der Waals surface area contributed by atoms with Crippen LogP contribution in [0.25, 0.3) is 0 Å². The van der Waals surface area contributed by atoms with Crippen molar-refractivity contribution in [3.8, 4) is 0 Å². The lowest BCUT2D eigenvalue weighted by Gasteiger charge is -2.26. The van der Waals surface area contributed by atoms with Crippen LogP contribution in [-0.4, -0.2) is 34.6 Å². The Kier molecular flexibility index (Phi) is 3.54. The number of fused-ring (bicyclic) bond motifs is 1. The van der Waals surface area contributed by atoms with Gasteiger partial charge in [-0.15, -0.1) is 11.8 Å². The quantitative estimate of drug-likeness (QED) is 0.902. The number of nitrogens with one attached hydrogen (secondary N) is 1. The molecule has 1 saturated heterocycles. The number of benzene rings is 1. The van der Waals surface area contributed by atoms with E-state index in [2.05, 4.69) is 29.6 Å². The lowest BCUT2D eigenvalue weighted by atomic mass is 10.0. The molecule has 0 bridgehead atoms. The van der Waals surface area contributed by atoms with Crippen LogP contribution in [0, 0.1) is 5.92 Å². The Bertz CT molecular complexity index is 431. The van der Waals surface area contributed by atoms with Gasteiger partial charge in [-0.25, -0.2) is 0 Å². The zero-order valence-corrected chi connectivity index (χ0v) is 11.4. The highest BCUT2D eigenvalue weighted by molar-refractivity contribution is 7.99. The summed E-state index contributed by atoms with van der Waals surface area (Å²) < 4.78 is 12.1. The third-order valence-electron chi connectivity index (χ3n) is 3.47. The lowest BCUT2D eigenvalue weighted by molar-refractivity contribution is 0.382. The van der Waals surface area contributed by atoms with E-state index in [1.165, 1.54) is 10.5 Å². The van der Waals surface area contributed by atoms with Gasteiger partial charge in [-0.1, -0.05) is 18.2 Å². The average Bonchev–Trinajstić information content (AvgIpc) is 2.68. The molecule has 4 heteroatoms. The Balaban J connectivity index is 1.60. The first-order valence-electron chi connectivity index (χ1n) is 6.10. The normalized spacial score (nSPS) is 25.3. The van der Waals surface area contributed by atoms with Gasteiger partial charge < -0.3 is 5.32 Å². The Morgan fingerprint density at radius 1 is 1.29 bits per heavy atom. The minimum absolute atomic E-state index is 0.505. The van der Waals surface area contributed by atoms with Crippen molar-refractivity contribution in [2.75, 3.05) is 30.3 Å². The highest BCUT2D eigenvalue weighted by Gasteiger charge is 2.26. The van der Waals surface area contributed by atoms with Crippen molar-refractivity contribution >= 4 is 22.6 Å². The van der Waals surface area contributed by atoms with Crippen LogP contribution in [0.4, 0.5) is 0 Å². The van der Waals surface area contributed by atoms with E-state index in [1.807, 2.05) is 11.8 Å². The van der Waals surface area contributed by atoms with E-state index in [1.54, 1.807) is 0 Å². The predicted octanol–water partition coefficient (Wildman–Crippen LogP) is 1.84. The Morgan fingerprint density at radius 2 is 2.12 bits per heavy atom. The molecule has 1 aromatic rings. The van der Waals surface area contributed by atoms with Gasteiger partial charge >= 0.3 is 0 Å². The third kappa shape index (κ3) is 2.59. The summed E-state index contributed by atoms with van der Waals surface area (Å²) in [4.78, 5) is 1.39. The van der Waals surface area contributed by atoms with Crippen molar-refractivity contribution in [2.24, 2.45) is 5.92 Å². The molecule has 1 fully saturated rings. The molecule has 2 nitrogen and oxygen atoms in total. The van der Waals surface area contributed by atoms with Crippen LogP contribution in [0.1, 0.15) is 11.5 Å². The summed E-state index contributed by atoms with van der Waals surface area (Å²) in [5.74, 6) is 4.00. The zero-order chi connectivity index (χ0) is 11.7.